The average molecular weight is 172 g/mol. The summed E-state index contributed by atoms with van der Waals surface area (Å²) in [5.74, 6) is -1.55. The Morgan fingerprint density at radius 1 is 1.42 bits per heavy atom. The topological polar surface area (TPSA) is 69.6 Å². The Morgan fingerprint density at radius 2 is 1.92 bits per heavy atom. The van der Waals surface area contributed by atoms with E-state index in [4.69, 9.17) is 5.11 Å². The molecule has 0 aliphatic heterocycles. The summed E-state index contributed by atoms with van der Waals surface area (Å²) in [6, 6.07) is 0. The summed E-state index contributed by atoms with van der Waals surface area (Å²) in [6.07, 6.45) is 1.32. The largest absolute Gasteiger partial charge is 0.477 e. The number of nitrogens with zero attached hydrogens (tertiary/aromatic N) is 1. The van der Waals surface area contributed by atoms with Crippen LogP contribution in [0.15, 0.2) is 11.9 Å². The van der Waals surface area contributed by atoms with Crippen molar-refractivity contribution in [1.29, 1.82) is 0 Å². The van der Waals surface area contributed by atoms with E-state index in [0.29, 0.717) is 0 Å². The van der Waals surface area contributed by atoms with Gasteiger partial charge in [-0.25, -0.2) is 4.79 Å². The van der Waals surface area contributed by atoms with E-state index in [1.807, 2.05) is 0 Å². The van der Waals surface area contributed by atoms with Crippen LogP contribution < -0.4 is 5.32 Å². The molecule has 5 heteroatoms. The maximum absolute atomic E-state index is 10.5. The van der Waals surface area contributed by atoms with Crippen LogP contribution in [-0.2, 0) is 9.59 Å². The monoisotopic (exact) mass is 172 g/mol. The zero-order chi connectivity index (χ0) is 9.72. The third-order valence-corrected chi connectivity index (χ3v) is 0.928. The zero-order valence-corrected chi connectivity index (χ0v) is 7.29. The van der Waals surface area contributed by atoms with Crippen molar-refractivity contribution in [2.24, 2.45) is 0 Å². The van der Waals surface area contributed by atoms with Gasteiger partial charge in [-0.05, 0) is 0 Å². The highest BCUT2D eigenvalue weighted by molar-refractivity contribution is 5.91. The average Bonchev–Trinajstić information content (AvgIpc) is 1.83. The van der Waals surface area contributed by atoms with Crippen molar-refractivity contribution in [3.8, 4) is 0 Å². The molecule has 0 aromatic heterocycles. The Kier molecular flexibility index (Phi) is 3.82. The minimum absolute atomic E-state index is 0.132. The van der Waals surface area contributed by atoms with Gasteiger partial charge in [0.15, 0.2) is 0 Å². The first-order valence-electron chi connectivity index (χ1n) is 3.32. The quantitative estimate of drug-likeness (QED) is 0.569. The maximum Gasteiger partial charge on any atom is 0.353 e. The van der Waals surface area contributed by atoms with Gasteiger partial charge in [0.2, 0.25) is 5.91 Å². The van der Waals surface area contributed by atoms with Crippen molar-refractivity contribution < 1.29 is 14.7 Å². The van der Waals surface area contributed by atoms with Gasteiger partial charge in [0.1, 0.15) is 5.70 Å². The number of hydrogen-bond acceptors (Lipinski definition) is 3. The molecule has 0 rings (SSSR count). The van der Waals surface area contributed by atoms with Crippen LogP contribution >= 0.6 is 0 Å². The summed E-state index contributed by atoms with van der Waals surface area (Å²) in [4.78, 5) is 22.5. The van der Waals surface area contributed by atoms with Gasteiger partial charge in [-0.2, -0.15) is 0 Å². The van der Waals surface area contributed by atoms with Crippen LogP contribution in [0.5, 0.6) is 0 Å². The van der Waals surface area contributed by atoms with Crippen molar-refractivity contribution in [3.63, 3.8) is 0 Å². The van der Waals surface area contributed by atoms with Gasteiger partial charge in [0, 0.05) is 27.2 Å². The molecule has 0 spiro atoms. The molecular weight excluding hydrogens is 160 g/mol. The summed E-state index contributed by atoms with van der Waals surface area (Å²) in [7, 11) is 3.34. The standard InChI is InChI=1S/C7H12N2O3/c1-5(10)8-6(7(11)12)4-9(2)3/h4H,1-3H3,(H,8,10)(H,11,12)/b6-4+. The maximum atomic E-state index is 10.5. The van der Waals surface area contributed by atoms with Gasteiger partial charge in [-0.1, -0.05) is 0 Å². The highest BCUT2D eigenvalue weighted by Crippen LogP contribution is 1.90. The predicted octanol–water partition coefficient (Wildman–Crippen LogP) is -0.390. The summed E-state index contributed by atoms with van der Waals surface area (Å²) < 4.78 is 0. The minimum atomic E-state index is -1.15. The summed E-state index contributed by atoms with van der Waals surface area (Å²) in [6.45, 7) is 1.26. The number of amides is 1. The lowest BCUT2D eigenvalue weighted by Gasteiger charge is -2.08. The fourth-order valence-corrected chi connectivity index (χ4v) is 0.589. The fraction of sp³-hybridized carbons (Fsp3) is 0.429. The Labute approximate surface area is 70.7 Å². The van der Waals surface area contributed by atoms with Crippen LogP contribution in [-0.4, -0.2) is 36.0 Å². The van der Waals surface area contributed by atoms with Crippen LogP contribution in [0.1, 0.15) is 6.92 Å². The van der Waals surface area contributed by atoms with Gasteiger partial charge in [0.25, 0.3) is 0 Å². The van der Waals surface area contributed by atoms with E-state index in [1.165, 1.54) is 13.1 Å². The molecule has 0 bridgehead atoms. The lowest BCUT2D eigenvalue weighted by Crippen LogP contribution is -2.26. The smallest absolute Gasteiger partial charge is 0.353 e. The minimum Gasteiger partial charge on any atom is -0.477 e. The number of aliphatic carboxylic acids is 1. The molecule has 0 aromatic carbocycles. The predicted molar refractivity (Wildman–Crippen MR) is 43.2 cm³/mol. The number of carboxylic acids is 1. The third-order valence-electron chi connectivity index (χ3n) is 0.928. The van der Waals surface area contributed by atoms with E-state index in [-0.39, 0.29) is 5.70 Å². The molecule has 12 heavy (non-hydrogen) atoms. The van der Waals surface area contributed by atoms with Crippen molar-refractivity contribution in [1.82, 2.24) is 10.2 Å². The molecule has 0 aliphatic rings. The Balaban J connectivity index is 4.44. The molecule has 0 unspecified atom stereocenters. The van der Waals surface area contributed by atoms with Crippen molar-refractivity contribution in [2.75, 3.05) is 14.1 Å². The molecule has 0 aliphatic carbocycles. The first kappa shape index (κ1) is 10.5. The molecule has 0 saturated heterocycles. The van der Waals surface area contributed by atoms with E-state index in [1.54, 1.807) is 19.0 Å². The molecule has 68 valence electrons. The van der Waals surface area contributed by atoms with Crippen LogP contribution in [0.3, 0.4) is 0 Å². The molecule has 0 atom stereocenters. The Hall–Kier alpha value is -1.52. The second kappa shape index (κ2) is 4.38. The highest BCUT2D eigenvalue weighted by atomic mass is 16.4. The van der Waals surface area contributed by atoms with Gasteiger partial charge in [-0.15, -0.1) is 0 Å². The summed E-state index contributed by atoms with van der Waals surface area (Å²) in [5, 5.41) is 10.8. The second-order valence-electron chi connectivity index (χ2n) is 2.49. The second-order valence-corrected chi connectivity index (χ2v) is 2.49. The lowest BCUT2D eigenvalue weighted by molar-refractivity contribution is -0.134. The van der Waals surface area contributed by atoms with Gasteiger partial charge < -0.3 is 15.3 Å². The van der Waals surface area contributed by atoms with E-state index in [2.05, 4.69) is 5.32 Å². The molecule has 1 amide bonds. The van der Waals surface area contributed by atoms with Crippen LogP contribution in [0.2, 0.25) is 0 Å². The van der Waals surface area contributed by atoms with Gasteiger partial charge in [0.05, 0.1) is 0 Å². The molecule has 0 radical (unpaired) electrons. The summed E-state index contributed by atoms with van der Waals surface area (Å²) >= 11 is 0. The van der Waals surface area contributed by atoms with Crippen molar-refractivity contribution in [3.05, 3.63) is 11.9 Å². The lowest BCUT2D eigenvalue weighted by atomic mass is 10.4. The van der Waals surface area contributed by atoms with E-state index in [0.717, 1.165) is 0 Å². The first-order chi connectivity index (χ1) is 5.43. The number of rotatable bonds is 3. The molecule has 0 heterocycles. The van der Waals surface area contributed by atoms with Crippen molar-refractivity contribution in [2.45, 2.75) is 6.92 Å². The normalized spacial score (nSPS) is 10.8. The first-order valence-corrected chi connectivity index (χ1v) is 3.32. The fourth-order valence-electron chi connectivity index (χ4n) is 0.589. The van der Waals surface area contributed by atoms with Crippen LogP contribution in [0, 0.1) is 0 Å². The molecular formula is C7H12N2O3. The van der Waals surface area contributed by atoms with E-state index < -0.39 is 11.9 Å². The van der Waals surface area contributed by atoms with Gasteiger partial charge in [-0.3, -0.25) is 4.79 Å². The molecule has 0 fully saturated rings. The number of carbonyl (C=O) groups is 2. The number of carbonyl (C=O) groups excluding carboxylic acids is 1. The Morgan fingerprint density at radius 3 is 2.17 bits per heavy atom. The SMILES string of the molecule is CC(=O)N/C(=C/N(C)C)C(=O)O. The Bertz CT molecular complexity index is 221. The molecule has 0 saturated carbocycles. The highest BCUT2D eigenvalue weighted by Gasteiger charge is 2.08. The van der Waals surface area contributed by atoms with E-state index >= 15 is 0 Å². The number of carboxylic acid groups (broad SMARTS) is 1. The number of nitrogens with one attached hydrogen (secondary N) is 1. The van der Waals surface area contributed by atoms with Crippen molar-refractivity contribution >= 4 is 11.9 Å². The molecule has 0 aromatic rings. The molecule has 5 nitrogen and oxygen atoms in total. The van der Waals surface area contributed by atoms with E-state index in [9.17, 15) is 9.59 Å². The number of hydrogen-bond donors (Lipinski definition) is 2. The van der Waals surface area contributed by atoms with Crippen LogP contribution in [0.4, 0.5) is 0 Å². The zero-order valence-electron chi connectivity index (χ0n) is 7.29. The van der Waals surface area contributed by atoms with Crippen LogP contribution in [0.25, 0.3) is 0 Å². The third kappa shape index (κ3) is 4.32. The summed E-state index contributed by atoms with van der Waals surface area (Å²) in [5.41, 5.74) is -0.132. The molecule has 2 N–H and O–H groups in total. The van der Waals surface area contributed by atoms with Gasteiger partial charge >= 0.3 is 5.97 Å².